The number of fused-ring (bicyclic) bond motifs is 9. The van der Waals surface area contributed by atoms with Gasteiger partial charge in [0.25, 0.3) is 0 Å². The van der Waals surface area contributed by atoms with Gasteiger partial charge < -0.3 is 9.32 Å². The van der Waals surface area contributed by atoms with E-state index in [9.17, 15) is 0 Å². The summed E-state index contributed by atoms with van der Waals surface area (Å²) in [6.07, 6.45) is 0. The Labute approximate surface area is 345 Å². The molecule has 0 saturated heterocycles. The van der Waals surface area contributed by atoms with E-state index in [1.807, 2.05) is 17.4 Å². The molecule has 276 valence electrons. The number of thiophene rings is 1. The predicted molar refractivity (Wildman–Crippen MR) is 253 cm³/mol. The van der Waals surface area contributed by atoms with E-state index in [1.165, 1.54) is 75.1 Å². The molecule has 0 aliphatic heterocycles. The molecule has 2 aromatic heterocycles. The predicted octanol–water partition coefficient (Wildman–Crippen LogP) is 16.7. The first-order chi connectivity index (χ1) is 29.3. The van der Waals surface area contributed by atoms with Gasteiger partial charge in [0.05, 0.1) is 5.69 Å². The van der Waals surface area contributed by atoms with Crippen LogP contribution in [-0.4, -0.2) is 0 Å². The van der Waals surface area contributed by atoms with E-state index in [-0.39, 0.29) is 0 Å². The quantitative estimate of drug-likeness (QED) is 0.167. The van der Waals surface area contributed by atoms with Crippen LogP contribution in [0.25, 0.3) is 97.0 Å². The fourth-order valence-corrected chi connectivity index (χ4v) is 10.3. The Kier molecular flexibility index (Phi) is 7.75. The normalized spacial score (nSPS) is 11.7. The van der Waals surface area contributed by atoms with Gasteiger partial charge in [0.1, 0.15) is 11.2 Å². The third-order valence-corrected chi connectivity index (χ3v) is 13.0. The number of furan rings is 1. The van der Waals surface area contributed by atoms with Gasteiger partial charge in [-0.05, 0) is 104 Å². The number of hydrogen-bond donors (Lipinski definition) is 0. The van der Waals surface area contributed by atoms with E-state index in [2.05, 4.69) is 211 Å². The maximum atomic E-state index is 6.65. The second-order valence-corrected chi connectivity index (χ2v) is 16.3. The van der Waals surface area contributed by atoms with E-state index in [1.54, 1.807) is 0 Å². The molecule has 0 radical (unpaired) electrons. The van der Waals surface area contributed by atoms with Crippen LogP contribution in [0.1, 0.15) is 0 Å². The Morgan fingerprint density at radius 3 is 1.76 bits per heavy atom. The summed E-state index contributed by atoms with van der Waals surface area (Å²) in [4.78, 5) is 2.41. The van der Waals surface area contributed by atoms with Gasteiger partial charge in [0, 0.05) is 47.7 Å². The summed E-state index contributed by atoms with van der Waals surface area (Å²) in [5.74, 6) is 0. The van der Waals surface area contributed by atoms with Gasteiger partial charge in [-0.1, -0.05) is 158 Å². The first-order valence-corrected chi connectivity index (χ1v) is 20.9. The SMILES string of the molecule is c1ccc(-c2ccc(N(c3ccc(-c4cccc5ccccc45)cc3)c3ccc(-c4cccc5sc6ccc7c8ccccc8oc7c6c45)c4ccccc34)cc2)cc1. The number of nitrogens with zero attached hydrogens (tertiary/aromatic N) is 1. The zero-order chi connectivity index (χ0) is 38.9. The molecule has 0 N–H and O–H groups in total. The van der Waals surface area contributed by atoms with Crippen molar-refractivity contribution in [3.63, 3.8) is 0 Å². The van der Waals surface area contributed by atoms with Gasteiger partial charge in [0.15, 0.2) is 0 Å². The molecule has 0 aliphatic carbocycles. The van der Waals surface area contributed by atoms with Crippen LogP contribution >= 0.6 is 11.3 Å². The van der Waals surface area contributed by atoms with Crippen LogP contribution in [0, 0.1) is 0 Å². The van der Waals surface area contributed by atoms with Gasteiger partial charge in [-0.2, -0.15) is 0 Å². The summed E-state index contributed by atoms with van der Waals surface area (Å²) in [6, 6.07) is 76.9. The summed E-state index contributed by atoms with van der Waals surface area (Å²) in [6.45, 7) is 0. The summed E-state index contributed by atoms with van der Waals surface area (Å²) in [5, 5.41) is 9.62. The standard InChI is InChI=1S/C56H35NOS/c1-2-12-36(13-3-1)37-24-28-40(29-25-37)57(41-30-26-39(27-31-41)43-20-10-15-38-14-4-5-16-42(38)43)50-34-32-45(44-17-6-7-18-46(44)50)48-21-11-23-52-54(48)55-53(59-52)35-33-49-47-19-8-9-22-51(47)58-56(49)55/h1-35H. The monoisotopic (exact) mass is 769 g/mol. The number of anilines is 3. The minimum Gasteiger partial charge on any atom is -0.455 e. The van der Waals surface area contributed by atoms with Crippen molar-refractivity contribution in [2.75, 3.05) is 4.90 Å². The van der Waals surface area contributed by atoms with Crippen LogP contribution in [0.4, 0.5) is 17.1 Å². The fourth-order valence-electron chi connectivity index (χ4n) is 9.15. The van der Waals surface area contributed by atoms with E-state index < -0.39 is 0 Å². The topological polar surface area (TPSA) is 16.4 Å². The summed E-state index contributed by atoms with van der Waals surface area (Å²) in [7, 11) is 0. The van der Waals surface area contributed by atoms with E-state index in [0.717, 1.165) is 39.0 Å². The lowest BCUT2D eigenvalue weighted by Crippen LogP contribution is -2.10. The molecular formula is C56H35NOS. The Hall–Kier alpha value is -7.46. The lowest BCUT2D eigenvalue weighted by molar-refractivity contribution is 0.673. The maximum Gasteiger partial charge on any atom is 0.144 e. The van der Waals surface area contributed by atoms with Crippen LogP contribution in [-0.2, 0) is 0 Å². The molecule has 0 saturated carbocycles. The number of benzene rings is 10. The number of para-hydroxylation sites is 1. The molecule has 0 aliphatic rings. The molecule has 0 atom stereocenters. The second kappa shape index (κ2) is 13.6. The Morgan fingerprint density at radius 1 is 0.339 bits per heavy atom. The van der Waals surface area contributed by atoms with E-state index in [4.69, 9.17) is 4.42 Å². The Morgan fingerprint density at radius 2 is 0.949 bits per heavy atom. The van der Waals surface area contributed by atoms with Crippen molar-refractivity contribution in [1.29, 1.82) is 0 Å². The molecule has 0 spiro atoms. The number of hydrogen-bond acceptors (Lipinski definition) is 3. The smallest absolute Gasteiger partial charge is 0.144 e. The second-order valence-electron chi connectivity index (χ2n) is 15.2. The summed E-state index contributed by atoms with van der Waals surface area (Å²) in [5.41, 5.74) is 12.4. The first kappa shape index (κ1) is 33.7. The maximum absolute atomic E-state index is 6.65. The van der Waals surface area contributed by atoms with Crippen molar-refractivity contribution in [1.82, 2.24) is 0 Å². The molecule has 2 heterocycles. The van der Waals surface area contributed by atoms with Crippen molar-refractivity contribution in [2.45, 2.75) is 0 Å². The third kappa shape index (κ3) is 5.47. The lowest BCUT2D eigenvalue weighted by Gasteiger charge is -2.28. The average Bonchev–Trinajstić information content (AvgIpc) is 3.89. The van der Waals surface area contributed by atoms with Crippen LogP contribution < -0.4 is 4.90 Å². The van der Waals surface area contributed by atoms with Gasteiger partial charge in [0.2, 0.25) is 0 Å². The molecule has 0 bridgehead atoms. The van der Waals surface area contributed by atoms with Crippen molar-refractivity contribution in [3.8, 4) is 33.4 Å². The molecule has 12 rings (SSSR count). The van der Waals surface area contributed by atoms with Crippen molar-refractivity contribution in [3.05, 3.63) is 212 Å². The summed E-state index contributed by atoms with van der Waals surface area (Å²) >= 11 is 1.83. The average molecular weight is 770 g/mol. The highest BCUT2D eigenvalue weighted by molar-refractivity contribution is 7.26. The molecule has 0 amide bonds. The molecular weight excluding hydrogens is 735 g/mol. The van der Waals surface area contributed by atoms with Gasteiger partial charge in [-0.25, -0.2) is 0 Å². The molecule has 10 aromatic carbocycles. The van der Waals surface area contributed by atoms with Crippen molar-refractivity contribution >= 4 is 92.1 Å². The van der Waals surface area contributed by atoms with E-state index >= 15 is 0 Å². The van der Waals surface area contributed by atoms with E-state index in [0.29, 0.717) is 0 Å². The fraction of sp³-hybridized carbons (Fsp3) is 0. The highest BCUT2D eigenvalue weighted by Gasteiger charge is 2.21. The molecule has 3 heteroatoms. The number of rotatable bonds is 6. The third-order valence-electron chi connectivity index (χ3n) is 11.9. The molecule has 0 unspecified atom stereocenters. The summed E-state index contributed by atoms with van der Waals surface area (Å²) < 4.78 is 9.14. The highest BCUT2D eigenvalue weighted by atomic mass is 32.1. The Bertz CT molecular complexity index is 3540. The van der Waals surface area contributed by atoms with Crippen LogP contribution in [0.3, 0.4) is 0 Å². The molecule has 59 heavy (non-hydrogen) atoms. The van der Waals surface area contributed by atoms with Gasteiger partial charge in [-0.15, -0.1) is 11.3 Å². The van der Waals surface area contributed by atoms with Gasteiger partial charge >= 0.3 is 0 Å². The zero-order valence-electron chi connectivity index (χ0n) is 32.0. The molecule has 0 fully saturated rings. The Balaban J connectivity index is 1.05. The van der Waals surface area contributed by atoms with Crippen LogP contribution in [0.2, 0.25) is 0 Å². The molecule has 2 nitrogen and oxygen atoms in total. The highest BCUT2D eigenvalue weighted by Crippen LogP contribution is 2.48. The van der Waals surface area contributed by atoms with Crippen LogP contribution in [0.5, 0.6) is 0 Å². The first-order valence-electron chi connectivity index (χ1n) is 20.1. The minimum absolute atomic E-state index is 0.920. The molecule has 12 aromatic rings. The zero-order valence-corrected chi connectivity index (χ0v) is 32.8. The van der Waals surface area contributed by atoms with Crippen molar-refractivity contribution < 1.29 is 4.42 Å². The van der Waals surface area contributed by atoms with Gasteiger partial charge in [-0.3, -0.25) is 0 Å². The largest absolute Gasteiger partial charge is 0.455 e. The van der Waals surface area contributed by atoms with Crippen molar-refractivity contribution in [2.24, 2.45) is 0 Å². The lowest BCUT2D eigenvalue weighted by atomic mass is 9.93. The minimum atomic E-state index is 0.920. The van der Waals surface area contributed by atoms with Crippen LogP contribution in [0.15, 0.2) is 217 Å².